The molecule has 2 aliphatic heterocycles. The van der Waals surface area contributed by atoms with Crippen molar-refractivity contribution in [3.63, 3.8) is 0 Å². The first-order chi connectivity index (χ1) is 15.7. The lowest BCUT2D eigenvalue weighted by molar-refractivity contribution is 0.0113. The number of piperazine rings is 1. The van der Waals surface area contributed by atoms with Crippen LogP contribution in [0.5, 0.6) is 5.75 Å². The zero-order chi connectivity index (χ0) is 24.0. The van der Waals surface area contributed by atoms with Gasteiger partial charge in [-0.1, -0.05) is 0 Å². The van der Waals surface area contributed by atoms with Crippen LogP contribution in [-0.4, -0.2) is 79.1 Å². The van der Waals surface area contributed by atoms with Crippen molar-refractivity contribution in [2.45, 2.75) is 50.4 Å². The van der Waals surface area contributed by atoms with Gasteiger partial charge in [-0.15, -0.1) is 0 Å². The largest absolute Gasteiger partial charge is 0.491 e. The molecule has 3 rings (SSSR count). The molecule has 2 bridgehead atoms. The van der Waals surface area contributed by atoms with Crippen molar-refractivity contribution in [2.75, 3.05) is 33.4 Å². The van der Waals surface area contributed by atoms with Crippen LogP contribution in [0, 0.1) is 22.7 Å². The Morgan fingerprint density at radius 3 is 2.36 bits per heavy atom. The van der Waals surface area contributed by atoms with Crippen molar-refractivity contribution < 1.29 is 23.8 Å². The quantitative estimate of drug-likeness (QED) is 0.663. The summed E-state index contributed by atoms with van der Waals surface area (Å²) in [6, 6.07) is 10.7. The number of hydrogen-bond donors (Lipinski definition) is 1. The highest BCUT2D eigenvalue weighted by Crippen LogP contribution is 2.31. The Morgan fingerprint density at radius 1 is 1.18 bits per heavy atom. The van der Waals surface area contributed by atoms with Gasteiger partial charge < -0.3 is 24.4 Å². The smallest absolute Gasteiger partial charge is 0.411 e. The first kappa shape index (κ1) is 24.1. The second-order valence-corrected chi connectivity index (χ2v) is 8.76. The maximum absolute atomic E-state index is 12.5. The third-order valence-corrected chi connectivity index (χ3v) is 5.88. The monoisotopic (exact) mass is 455 g/mol. The fourth-order valence-corrected chi connectivity index (χ4v) is 4.19. The van der Waals surface area contributed by atoms with Gasteiger partial charge >= 0.3 is 12.2 Å². The number of carbonyl (C=O) groups is 2. The molecule has 0 spiro atoms. The van der Waals surface area contributed by atoms with E-state index in [-0.39, 0.29) is 24.7 Å². The van der Waals surface area contributed by atoms with Gasteiger partial charge in [0.1, 0.15) is 18.4 Å². The van der Waals surface area contributed by atoms with Crippen LogP contribution in [0.1, 0.15) is 32.3 Å². The van der Waals surface area contributed by atoms with E-state index in [1.165, 1.54) is 7.11 Å². The zero-order valence-corrected chi connectivity index (χ0v) is 19.1. The lowest BCUT2D eigenvalue weighted by atomic mass is 10.1. The summed E-state index contributed by atoms with van der Waals surface area (Å²) < 4.78 is 16.0. The molecule has 3 atom stereocenters. The fourth-order valence-electron chi connectivity index (χ4n) is 4.19. The second-order valence-electron chi connectivity index (χ2n) is 8.76. The van der Waals surface area contributed by atoms with Crippen LogP contribution in [-0.2, 0) is 9.47 Å². The minimum atomic E-state index is -1.18. The number of rotatable bonds is 7. The van der Waals surface area contributed by atoms with Gasteiger partial charge in [0.25, 0.3) is 0 Å². The molecule has 1 aromatic rings. The summed E-state index contributed by atoms with van der Waals surface area (Å²) in [7, 11) is 1.31. The molecule has 10 nitrogen and oxygen atoms in total. The third-order valence-electron chi connectivity index (χ3n) is 5.88. The number of alkyl carbamates (subject to hydrolysis) is 1. The highest BCUT2D eigenvalue weighted by Gasteiger charge is 2.43. The average molecular weight is 456 g/mol. The van der Waals surface area contributed by atoms with Crippen molar-refractivity contribution >= 4 is 12.2 Å². The van der Waals surface area contributed by atoms with E-state index in [2.05, 4.69) is 16.3 Å². The molecule has 0 radical (unpaired) electrons. The molecule has 0 aromatic heterocycles. The van der Waals surface area contributed by atoms with E-state index < -0.39 is 17.8 Å². The van der Waals surface area contributed by atoms with Crippen molar-refractivity contribution in [2.24, 2.45) is 0 Å². The number of fused-ring (bicyclic) bond motifs is 2. The second kappa shape index (κ2) is 10.4. The minimum Gasteiger partial charge on any atom is -0.491 e. The number of nitrogens with one attached hydrogen (secondary N) is 1. The van der Waals surface area contributed by atoms with Gasteiger partial charge in [-0.2, -0.15) is 10.5 Å². The standard InChI is InChI=1S/C23H29N5O5/c1-23(2,15-25)33-22(30)27-12-18-6-7-19(13-27)28(18)11-17(26-21(29)31-3)14-32-20-8-4-16(10-24)5-9-20/h4-5,8-9,17-19H,6-7,11-14H2,1-3H3,(H,26,29)/t17-,18?,19?/m0/s1. The van der Waals surface area contributed by atoms with Gasteiger partial charge in [0, 0.05) is 31.7 Å². The first-order valence-corrected chi connectivity index (χ1v) is 10.9. The summed E-state index contributed by atoms with van der Waals surface area (Å²) in [5.74, 6) is 0.598. The summed E-state index contributed by atoms with van der Waals surface area (Å²) in [6.07, 6.45) is 0.831. The normalized spacial score (nSPS) is 20.8. The van der Waals surface area contributed by atoms with E-state index in [1.807, 2.05) is 6.07 Å². The number of carbonyl (C=O) groups excluding carboxylic acids is 2. The number of hydrogen-bond acceptors (Lipinski definition) is 8. The summed E-state index contributed by atoms with van der Waals surface area (Å²) in [5, 5.41) is 20.9. The van der Waals surface area contributed by atoms with E-state index in [0.29, 0.717) is 30.9 Å². The predicted octanol–water partition coefficient (Wildman–Crippen LogP) is 2.25. The summed E-state index contributed by atoms with van der Waals surface area (Å²) in [4.78, 5) is 28.4. The lowest BCUT2D eigenvalue weighted by Crippen LogP contribution is -2.59. The Bertz CT molecular complexity index is 922. The maximum atomic E-state index is 12.5. The molecule has 0 aliphatic carbocycles. The van der Waals surface area contributed by atoms with Gasteiger partial charge in [-0.05, 0) is 51.0 Å². The van der Waals surface area contributed by atoms with Crippen LogP contribution in [0.3, 0.4) is 0 Å². The van der Waals surface area contributed by atoms with Gasteiger partial charge in [0.2, 0.25) is 0 Å². The molecule has 2 fully saturated rings. The van der Waals surface area contributed by atoms with E-state index in [1.54, 1.807) is 43.0 Å². The molecule has 2 heterocycles. The van der Waals surface area contributed by atoms with Gasteiger partial charge in [0.15, 0.2) is 5.60 Å². The van der Waals surface area contributed by atoms with E-state index in [4.69, 9.17) is 24.7 Å². The molecular formula is C23H29N5O5. The van der Waals surface area contributed by atoms with Crippen LogP contribution >= 0.6 is 0 Å². The molecule has 0 saturated carbocycles. The van der Waals surface area contributed by atoms with E-state index >= 15 is 0 Å². The number of benzene rings is 1. The highest BCUT2D eigenvalue weighted by molar-refractivity contribution is 5.69. The van der Waals surface area contributed by atoms with Crippen molar-refractivity contribution in [1.82, 2.24) is 15.1 Å². The number of ether oxygens (including phenoxy) is 3. The van der Waals surface area contributed by atoms with Crippen LogP contribution in [0.15, 0.2) is 24.3 Å². The SMILES string of the molecule is COC(=O)N[C@H](COc1ccc(C#N)cc1)CN1C2CCC1CN(C(=O)OC(C)(C)C#N)C2. The average Bonchev–Trinajstić information content (AvgIpc) is 3.03. The number of methoxy groups -OCH3 is 1. The van der Waals surface area contributed by atoms with E-state index in [9.17, 15) is 9.59 Å². The Kier molecular flexibility index (Phi) is 7.62. The van der Waals surface area contributed by atoms with Crippen molar-refractivity contribution in [3.8, 4) is 17.9 Å². The number of nitrogens with zero attached hydrogens (tertiary/aromatic N) is 4. The van der Waals surface area contributed by atoms with Crippen LogP contribution in [0.2, 0.25) is 0 Å². The topological polar surface area (TPSA) is 128 Å². The molecule has 2 saturated heterocycles. The lowest BCUT2D eigenvalue weighted by Gasteiger charge is -2.42. The first-order valence-electron chi connectivity index (χ1n) is 10.9. The Morgan fingerprint density at radius 2 is 1.82 bits per heavy atom. The third kappa shape index (κ3) is 6.27. The summed E-state index contributed by atoms with van der Waals surface area (Å²) >= 11 is 0. The molecule has 176 valence electrons. The molecule has 1 N–H and O–H groups in total. The number of likely N-dealkylation sites (tertiary alicyclic amines) is 1. The van der Waals surface area contributed by atoms with Crippen LogP contribution in [0.25, 0.3) is 0 Å². The van der Waals surface area contributed by atoms with Crippen LogP contribution < -0.4 is 10.1 Å². The molecular weight excluding hydrogens is 426 g/mol. The van der Waals surface area contributed by atoms with Gasteiger partial charge in [-0.3, -0.25) is 4.90 Å². The summed E-state index contributed by atoms with van der Waals surface area (Å²) in [5.41, 5.74) is -0.635. The van der Waals surface area contributed by atoms with Gasteiger partial charge in [0.05, 0.1) is 24.8 Å². The molecule has 33 heavy (non-hydrogen) atoms. The number of nitriles is 2. The van der Waals surface area contributed by atoms with Crippen molar-refractivity contribution in [1.29, 1.82) is 10.5 Å². The van der Waals surface area contributed by atoms with Crippen molar-refractivity contribution in [3.05, 3.63) is 29.8 Å². The highest BCUT2D eigenvalue weighted by atomic mass is 16.6. The number of amides is 2. The molecule has 2 unspecified atom stereocenters. The zero-order valence-electron chi connectivity index (χ0n) is 19.1. The Labute approximate surface area is 193 Å². The van der Waals surface area contributed by atoms with E-state index in [0.717, 1.165) is 12.8 Å². The van der Waals surface area contributed by atoms with Gasteiger partial charge in [-0.25, -0.2) is 9.59 Å². The maximum Gasteiger partial charge on any atom is 0.411 e. The Hall–Kier alpha value is -3.50. The fraction of sp³-hybridized carbons (Fsp3) is 0.565. The summed E-state index contributed by atoms with van der Waals surface area (Å²) in [6.45, 7) is 4.88. The Balaban J connectivity index is 1.61. The molecule has 2 amide bonds. The predicted molar refractivity (Wildman–Crippen MR) is 117 cm³/mol. The molecule has 1 aromatic carbocycles. The minimum absolute atomic E-state index is 0.123. The molecule has 2 aliphatic rings. The van der Waals surface area contributed by atoms with Crippen LogP contribution in [0.4, 0.5) is 9.59 Å². The molecule has 10 heteroatoms.